The Hall–Kier alpha value is -2.55. The molecule has 1 heterocycles. The van der Waals surface area contributed by atoms with Gasteiger partial charge >= 0.3 is 18.0 Å². The van der Waals surface area contributed by atoms with Crippen molar-refractivity contribution in [3.05, 3.63) is 48.2 Å². The van der Waals surface area contributed by atoms with Crippen LogP contribution in [0.3, 0.4) is 0 Å². The van der Waals surface area contributed by atoms with Gasteiger partial charge in [-0.25, -0.2) is 5.01 Å². The number of carbonyl (C=O) groups excluding carboxylic acids is 2. The van der Waals surface area contributed by atoms with Gasteiger partial charge in [-0.15, -0.1) is 0 Å². The van der Waals surface area contributed by atoms with Crippen molar-refractivity contribution in [2.24, 2.45) is 0 Å². The molecule has 1 aliphatic rings. The highest BCUT2D eigenvalue weighted by molar-refractivity contribution is 6.35. The molecule has 24 heavy (non-hydrogen) atoms. The quantitative estimate of drug-likeness (QED) is 0.711. The van der Waals surface area contributed by atoms with Gasteiger partial charge in [-0.2, -0.15) is 13.2 Å². The van der Waals surface area contributed by atoms with Crippen molar-refractivity contribution in [3.8, 4) is 0 Å². The molecule has 0 bridgehead atoms. The van der Waals surface area contributed by atoms with Gasteiger partial charge in [0.1, 0.15) is 0 Å². The van der Waals surface area contributed by atoms with E-state index in [0.29, 0.717) is 6.42 Å². The molecular formula is C15H16F3N3O3. The van der Waals surface area contributed by atoms with Crippen molar-refractivity contribution in [1.82, 2.24) is 15.8 Å². The summed E-state index contributed by atoms with van der Waals surface area (Å²) >= 11 is 0. The van der Waals surface area contributed by atoms with Crippen molar-refractivity contribution in [3.63, 3.8) is 0 Å². The highest BCUT2D eigenvalue weighted by atomic mass is 19.4. The predicted molar refractivity (Wildman–Crippen MR) is 77.9 cm³/mol. The molecule has 3 N–H and O–H groups in total. The maximum Gasteiger partial charge on any atom is 0.438 e. The van der Waals surface area contributed by atoms with Crippen LogP contribution in [0.25, 0.3) is 0 Å². The van der Waals surface area contributed by atoms with Gasteiger partial charge in [-0.1, -0.05) is 36.9 Å². The van der Waals surface area contributed by atoms with Crippen LogP contribution in [0, 0.1) is 0 Å². The summed E-state index contributed by atoms with van der Waals surface area (Å²) in [5.74, 6) is -2.79. The topological polar surface area (TPSA) is 81.7 Å². The molecule has 130 valence electrons. The Bertz CT molecular complexity index is 648. The summed E-state index contributed by atoms with van der Waals surface area (Å²) in [5.41, 5.74) is -0.833. The third-order valence-corrected chi connectivity index (χ3v) is 3.49. The molecule has 0 aliphatic carbocycles. The average Bonchev–Trinajstić information content (AvgIpc) is 2.83. The van der Waals surface area contributed by atoms with Gasteiger partial charge in [0.15, 0.2) is 0 Å². The van der Waals surface area contributed by atoms with Crippen LogP contribution in [0.15, 0.2) is 42.6 Å². The second kappa shape index (κ2) is 6.52. The fourth-order valence-corrected chi connectivity index (χ4v) is 2.25. The maximum absolute atomic E-state index is 13.0. The normalized spacial score (nSPS) is 20.7. The van der Waals surface area contributed by atoms with E-state index in [9.17, 15) is 27.9 Å². The van der Waals surface area contributed by atoms with E-state index in [1.807, 2.05) is 23.6 Å². The minimum Gasteiger partial charge on any atom is -0.362 e. The first kappa shape index (κ1) is 17.8. The molecule has 6 nitrogen and oxygen atoms in total. The number of benzene rings is 1. The fourth-order valence-electron chi connectivity index (χ4n) is 2.25. The van der Waals surface area contributed by atoms with Gasteiger partial charge in [-0.05, 0) is 12.0 Å². The number of amides is 2. The summed E-state index contributed by atoms with van der Waals surface area (Å²) in [6.45, 7) is 3.32. The number of hydrogen-bond acceptors (Lipinski definition) is 4. The molecule has 1 aromatic carbocycles. The smallest absolute Gasteiger partial charge is 0.362 e. The lowest BCUT2D eigenvalue weighted by Gasteiger charge is -2.32. The minimum absolute atomic E-state index is 0.0633. The van der Waals surface area contributed by atoms with Gasteiger partial charge in [0, 0.05) is 18.7 Å². The van der Waals surface area contributed by atoms with Gasteiger partial charge in [0.2, 0.25) is 0 Å². The van der Waals surface area contributed by atoms with Crippen LogP contribution < -0.4 is 10.7 Å². The standard InChI is InChI=1S/C15H16F3N3O3/c1-10-9-14(24,15(16,17)18)21(20-10)13(23)12(22)19-8-7-11-5-3-2-4-6-11/h2-6,20,24H,1,7-9H2,(H,19,22). The number of rotatable bonds is 3. The molecule has 1 unspecified atom stereocenters. The van der Waals surface area contributed by atoms with E-state index in [0.717, 1.165) is 5.56 Å². The Morgan fingerprint density at radius 1 is 1.33 bits per heavy atom. The summed E-state index contributed by atoms with van der Waals surface area (Å²) in [4.78, 5) is 23.7. The monoisotopic (exact) mass is 343 g/mol. The number of nitrogens with one attached hydrogen (secondary N) is 2. The number of nitrogens with zero attached hydrogens (tertiary/aromatic N) is 1. The van der Waals surface area contributed by atoms with Crippen molar-refractivity contribution < 1.29 is 27.9 Å². The minimum atomic E-state index is -5.14. The number of aliphatic hydroxyl groups is 1. The van der Waals surface area contributed by atoms with Crippen LogP contribution in [-0.2, 0) is 16.0 Å². The van der Waals surface area contributed by atoms with Crippen molar-refractivity contribution in [2.45, 2.75) is 24.7 Å². The zero-order chi connectivity index (χ0) is 18.0. The molecular weight excluding hydrogens is 327 g/mol. The molecule has 1 aliphatic heterocycles. The first-order chi connectivity index (χ1) is 11.1. The molecule has 2 amide bonds. The summed E-state index contributed by atoms with van der Waals surface area (Å²) in [5, 5.41) is 11.9. The van der Waals surface area contributed by atoms with Gasteiger partial charge in [0.25, 0.3) is 5.72 Å². The SMILES string of the molecule is C=C1CC(O)(C(F)(F)F)N(C(=O)C(=O)NCCc2ccccc2)N1. The van der Waals surface area contributed by atoms with Crippen molar-refractivity contribution in [2.75, 3.05) is 6.54 Å². The summed E-state index contributed by atoms with van der Waals surface area (Å²) in [7, 11) is 0. The van der Waals surface area contributed by atoms with E-state index in [-0.39, 0.29) is 17.3 Å². The number of hydrogen-bond donors (Lipinski definition) is 3. The summed E-state index contributed by atoms with van der Waals surface area (Å²) in [6, 6.07) is 9.03. The molecule has 1 atom stereocenters. The molecule has 0 spiro atoms. The van der Waals surface area contributed by atoms with E-state index in [1.54, 1.807) is 12.1 Å². The number of alkyl halides is 3. The fraction of sp³-hybridized carbons (Fsp3) is 0.333. The van der Waals surface area contributed by atoms with Gasteiger partial charge in [0.05, 0.1) is 0 Å². The van der Waals surface area contributed by atoms with Crippen LogP contribution in [0.2, 0.25) is 0 Å². The van der Waals surface area contributed by atoms with Crippen LogP contribution >= 0.6 is 0 Å². The third kappa shape index (κ3) is 3.51. The third-order valence-electron chi connectivity index (χ3n) is 3.49. The Kier molecular flexibility index (Phi) is 4.83. The second-order valence-corrected chi connectivity index (χ2v) is 5.34. The molecule has 1 aromatic rings. The Balaban J connectivity index is 1.99. The first-order valence-electron chi connectivity index (χ1n) is 7.05. The lowest BCUT2D eigenvalue weighted by Crippen LogP contribution is -2.62. The molecule has 9 heteroatoms. The zero-order valence-corrected chi connectivity index (χ0v) is 12.6. The molecule has 0 aromatic heterocycles. The Labute approximate surface area is 135 Å². The summed E-state index contributed by atoms with van der Waals surface area (Å²) < 4.78 is 39.0. The van der Waals surface area contributed by atoms with Crippen molar-refractivity contribution in [1.29, 1.82) is 0 Å². The lowest BCUT2D eigenvalue weighted by atomic mass is 10.1. The van der Waals surface area contributed by atoms with Gasteiger partial charge < -0.3 is 10.4 Å². The maximum atomic E-state index is 13.0. The van der Waals surface area contributed by atoms with Gasteiger partial charge in [-0.3, -0.25) is 15.0 Å². The Morgan fingerprint density at radius 2 is 1.96 bits per heavy atom. The van der Waals surface area contributed by atoms with E-state index < -0.39 is 30.1 Å². The largest absolute Gasteiger partial charge is 0.438 e. The molecule has 1 saturated heterocycles. The van der Waals surface area contributed by atoms with E-state index in [2.05, 4.69) is 11.9 Å². The predicted octanol–water partition coefficient (Wildman–Crippen LogP) is 0.847. The average molecular weight is 343 g/mol. The van der Waals surface area contributed by atoms with Crippen molar-refractivity contribution >= 4 is 11.8 Å². The van der Waals surface area contributed by atoms with Crippen LogP contribution in [0.5, 0.6) is 0 Å². The number of hydrazine groups is 1. The van der Waals surface area contributed by atoms with E-state index in [1.165, 1.54) is 0 Å². The lowest BCUT2D eigenvalue weighted by molar-refractivity contribution is -0.303. The van der Waals surface area contributed by atoms with Crippen LogP contribution in [-0.4, -0.2) is 40.4 Å². The highest BCUT2D eigenvalue weighted by Crippen LogP contribution is 2.40. The van der Waals surface area contributed by atoms with E-state index >= 15 is 0 Å². The number of carbonyl (C=O) groups is 2. The van der Waals surface area contributed by atoms with Crippen LogP contribution in [0.4, 0.5) is 13.2 Å². The molecule has 0 saturated carbocycles. The van der Waals surface area contributed by atoms with E-state index in [4.69, 9.17) is 0 Å². The number of halogens is 3. The molecule has 1 fully saturated rings. The highest BCUT2D eigenvalue weighted by Gasteiger charge is 2.63. The molecule has 2 rings (SSSR count). The summed E-state index contributed by atoms with van der Waals surface area (Å²) in [6.07, 6.45) is -5.68. The molecule has 0 radical (unpaired) electrons. The second-order valence-electron chi connectivity index (χ2n) is 5.34. The zero-order valence-electron chi connectivity index (χ0n) is 12.6. The first-order valence-corrected chi connectivity index (χ1v) is 7.05. The van der Waals surface area contributed by atoms with Crippen LogP contribution in [0.1, 0.15) is 12.0 Å². The Morgan fingerprint density at radius 3 is 2.54 bits per heavy atom.